The predicted molar refractivity (Wildman–Crippen MR) is 33.1 cm³/mol. The Kier molecular flexibility index (Phi) is 2.97. The lowest BCUT2D eigenvalue weighted by Crippen LogP contribution is -2.50. The summed E-state index contributed by atoms with van der Waals surface area (Å²) < 4.78 is 0. The largest absolute Gasteiger partial charge is 0.363 e. The number of nitrogens with one attached hydrogen (secondary N) is 1. The monoisotopic (exact) mass is 118 g/mol. The third kappa shape index (κ3) is 5.88. The van der Waals surface area contributed by atoms with Crippen LogP contribution in [0.3, 0.4) is 0 Å². The molecule has 3 nitrogen and oxygen atoms in total. The summed E-state index contributed by atoms with van der Waals surface area (Å²) in [6.07, 6.45) is 0.980. The van der Waals surface area contributed by atoms with Gasteiger partial charge in [-0.1, -0.05) is 6.92 Å². The molecule has 0 rings (SSSR count). The van der Waals surface area contributed by atoms with Gasteiger partial charge in [0.2, 0.25) is 0 Å². The van der Waals surface area contributed by atoms with Crippen molar-refractivity contribution in [1.82, 2.24) is 5.32 Å². The lowest BCUT2D eigenvalue weighted by atomic mass is 10.4. The van der Waals surface area contributed by atoms with Gasteiger partial charge in [-0.25, -0.2) is 0 Å². The van der Waals surface area contributed by atoms with Gasteiger partial charge in [0.05, 0.1) is 0 Å². The highest BCUT2D eigenvalue weighted by Crippen LogP contribution is 1.83. The first kappa shape index (κ1) is 7.88. The molecule has 8 heavy (non-hydrogen) atoms. The highest BCUT2D eigenvalue weighted by atomic mass is 16.3. The highest BCUT2D eigenvalue weighted by Gasteiger charge is 2.08. The van der Waals surface area contributed by atoms with Crippen LogP contribution in [0.2, 0.25) is 0 Å². The third-order valence-corrected chi connectivity index (χ3v) is 0.733. The van der Waals surface area contributed by atoms with Gasteiger partial charge in [-0.15, -0.1) is 0 Å². The van der Waals surface area contributed by atoms with Crippen LogP contribution in [0, 0.1) is 0 Å². The lowest BCUT2D eigenvalue weighted by Gasteiger charge is -2.17. The van der Waals surface area contributed by atoms with E-state index in [9.17, 15) is 0 Å². The van der Waals surface area contributed by atoms with Crippen molar-refractivity contribution in [2.75, 3.05) is 6.54 Å². The standard InChI is InChI=1S/C5H14N2O/c1-3-4-7-5(2,6)8/h7-8H,3-4,6H2,1-2H3. The smallest absolute Gasteiger partial charge is 0.166 e. The highest BCUT2D eigenvalue weighted by molar-refractivity contribution is 4.57. The second kappa shape index (κ2) is 3.02. The Morgan fingerprint density at radius 1 is 1.75 bits per heavy atom. The normalized spacial score (nSPS) is 18.0. The zero-order chi connectivity index (χ0) is 6.62. The van der Waals surface area contributed by atoms with E-state index < -0.39 is 5.85 Å². The average molecular weight is 118 g/mol. The third-order valence-electron chi connectivity index (χ3n) is 0.733. The van der Waals surface area contributed by atoms with Gasteiger partial charge in [0.15, 0.2) is 5.85 Å². The van der Waals surface area contributed by atoms with E-state index in [0.717, 1.165) is 13.0 Å². The van der Waals surface area contributed by atoms with E-state index in [0.29, 0.717) is 0 Å². The first-order valence-corrected chi connectivity index (χ1v) is 2.82. The molecular weight excluding hydrogens is 104 g/mol. The minimum absolute atomic E-state index is 0.753. The molecule has 0 aliphatic carbocycles. The molecular formula is C5H14N2O. The van der Waals surface area contributed by atoms with E-state index in [1.807, 2.05) is 6.92 Å². The van der Waals surface area contributed by atoms with Crippen LogP contribution in [0.4, 0.5) is 0 Å². The first-order chi connectivity index (χ1) is 3.56. The van der Waals surface area contributed by atoms with E-state index in [2.05, 4.69) is 5.32 Å². The van der Waals surface area contributed by atoms with Gasteiger partial charge in [-0.3, -0.25) is 11.1 Å². The Bertz CT molecular complexity index is 57.9. The van der Waals surface area contributed by atoms with Crippen molar-refractivity contribution in [3.63, 3.8) is 0 Å². The van der Waals surface area contributed by atoms with Crippen molar-refractivity contribution < 1.29 is 5.11 Å². The van der Waals surface area contributed by atoms with Gasteiger partial charge < -0.3 is 5.11 Å². The van der Waals surface area contributed by atoms with Crippen LogP contribution in [0.25, 0.3) is 0 Å². The number of hydrogen-bond donors (Lipinski definition) is 3. The maximum absolute atomic E-state index is 8.82. The van der Waals surface area contributed by atoms with Gasteiger partial charge in [0.1, 0.15) is 0 Å². The van der Waals surface area contributed by atoms with Crippen molar-refractivity contribution in [3.8, 4) is 0 Å². The van der Waals surface area contributed by atoms with Crippen molar-refractivity contribution in [2.45, 2.75) is 26.1 Å². The van der Waals surface area contributed by atoms with Crippen LogP contribution in [0.1, 0.15) is 20.3 Å². The number of rotatable bonds is 3. The molecule has 1 unspecified atom stereocenters. The number of aliphatic hydroxyl groups is 1. The quantitative estimate of drug-likeness (QED) is 0.442. The molecule has 0 aromatic carbocycles. The SMILES string of the molecule is CCCNC(C)(N)O. The van der Waals surface area contributed by atoms with Crippen LogP contribution in [-0.2, 0) is 0 Å². The molecule has 0 spiro atoms. The van der Waals surface area contributed by atoms with Gasteiger partial charge in [0, 0.05) is 0 Å². The molecule has 0 aromatic heterocycles. The Morgan fingerprint density at radius 2 is 2.25 bits per heavy atom. The van der Waals surface area contributed by atoms with Crippen LogP contribution in [0.5, 0.6) is 0 Å². The minimum Gasteiger partial charge on any atom is -0.363 e. The van der Waals surface area contributed by atoms with Crippen LogP contribution < -0.4 is 11.1 Å². The first-order valence-electron chi connectivity index (χ1n) is 2.82. The summed E-state index contributed by atoms with van der Waals surface area (Å²) in [4.78, 5) is 0. The molecule has 0 amide bonds. The lowest BCUT2D eigenvalue weighted by molar-refractivity contribution is 0.0312. The molecule has 50 valence electrons. The molecule has 0 radical (unpaired) electrons. The van der Waals surface area contributed by atoms with E-state index >= 15 is 0 Å². The zero-order valence-corrected chi connectivity index (χ0v) is 5.44. The van der Waals surface area contributed by atoms with E-state index in [1.165, 1.54) is 6.92 Å². The topological polar surface area (TPSA) is 58.3 Å². The van der Waals surface area contributed by atoms with Gasteiger partial charge in [-0.2, -0.15) is 0 Å². The van der Waals surface area contributed by atoms with Crippen LogP contribution in [0.15, 0.2) is 0 Å². The molecule has 0 heterocycles. The summed E-state index contributed by atoms with van der Waals surface area (Å²) in [5, 5.41) is 11.5. The minimum atomic E-state index is -1.20. The van der Waals surface area contributed by atoms with E-state index in [4.69, 9.17) is 10.8 Å². The maximum Gasteiger partial charge on any atom is 0.166 e. The second-order valence-electron chi connectivity index (χ2n) is 2.07. The molecule has 0 aliphatic heterocycles. The molecule has 3 heteroatoms. The fourth-order valence-electron chi connectivity index (χ4n) is 0.378. The van der Waals surface area contributed by atoms with Crippen molar-refractivity contribution in [3.05, 3.63) is 0 Å². The molecule has 0 fully saturated rings. The van der Waals surface area contributed by atoms with Gasteiger partial charge in [0.25, 0.3) is 0 Å². The molecule has 0 aliphatic rings. The number of hydrogen-bond acceptors (Lipinski definition) is 3. The Morgan fingerprint density at radius 3 is 2.38 bits per heavy atom. The van der Waals surface area contributed by atoms with Crippen LogP contribution in [-0.4, -0.2) is 17.5 Å². The van der Waals surface area contributed by atoms with Crippen molar-refractivity contribution >= 4 is 0 Å². The van der Waals surface area contributed by atoms with Crippen LogP contribution >= 0.6 is 0 Å². The summed E-state index contributed by atoms with van der Waals surface area (Å²) in [5.41, 5.74) is 5.17. The maximum atomic E-state index is 8.82. The Labute approximate surface area is 49.9 Å². The molecule has 0 saturated carbocycles. The van der Waals surface area contributed by atoms with Gasteiger partial charge in [-0.05, 0) is 19.9 Å². The summed E-state index contributed by atoms with van der Waals surface area (Å²) in [5.74, 6) is -1.20. The molecule has 4 N–H and O–H groups in total. The predicted octanol–water partition coefficient (Wildman–Crippen LogP) is -0.389. The molecule has 0 saturated heterocycles. The molecule has 0 aromatic rings. The summed E-state index contributed by atoms with van der Waals surface area (Å²) in [6, 6.07) is 0. The number of nitrogens with two attached hydrogens (primary N) is 1. The van der Waals surface area contributed by atoms with E-state index in [1.54, 1.807) is 0 Å². The van der Waals surface area contributed by atoms with Gasteiger partial charge >= 0.3 is 0 Å². The van der Waals surface area contributed by atoms with E-state index in [-0.39, 0.29) is 0 Å². The summed E-state index contributed by atoms with van der Waals surface area (Å²) >= 11 is 0. The fourth-order valence-corrected chi connectivity index (χ4v) is 0.378. The molecule has 0 bridgehead atoms. The summed E-state index contributed by atoms with van der Waals surface area (Å²) in [7, 11) is 0. The average Bonchev–Trinajstić information content (AvgIpc) is 1.59. The fraction of sp³-hybridized carbons (Fsp3) is 1.00. The van der Waals surface area contributed by atoms with Crippen molar-refractivity contribution in [1.29, 1.82) is 0 Å². The molecule has 1 atom stereocenters. The Balaban J connectivity index is 3.11. The Hall–Kier alpha value is -0.120. The summed E-state index contributed by atoms with van der Waals surface area (Å²) in [6.45, 7) is 4.28. The zero-order valence-electron chi connectivity index (χ0n) is 5.44. The van der Waals surface area contributed by atoms with Crippen molar-refractivity contribution in [2.24, 2.45) is 5.73 Å². The second-order valence-corrected chi connectivity index (χ2v) is 2.07.